The standard InChI is InChI=1S/C22H30N4O3/c1-15-6-5-8-18(16(15)2)23-20(27)10-11-21(28)24-25-22(29)14-26-13-12-17-7-3-4-9-19(17)26/h3-4,7,9,12-13,15-16,18H,5-6,8,10-11,14H2,1-2H3,(H,23,27)(H,24,28)(H,25,29)/t15-,16-,18-/m1/s1. The monoisotopic (exact) mass is 398 g/mol. The number of para-hydroxylation sites is 1. The lowest BCUT2D eigenvalue weighted by Crippen LogP contribution is -2.45. The second-order valence-electron chi connectivity index (χ2n) is 8.04. The Labute approximate surface area is 171 Å². The summed E-state index contributed by atoms with van der Waals surface area (Å²) in [6, 6.07) is 9.90. The molecule has 1 aliphatic carbocycles. The highest BCUT2D eigenvalue weighted by Crippen LogP contribution is 2.29. The van der Waals surface area contributed by atoms with E-state index in [0.29, 0.717) is 11.8 Å². The van der Waals surface area contributed by atoms with Gasteiger partial charge in [-0.2, -0.15) is 0 Å². The molecule has 29 heavy (non-hydrogen) atoms. The summed E-state index contributed by atoms with van der Waals surface area (Å²) in [5.74, 6) is 0.233. The minimum Gasteiger partial charge on any atom is -0.353 e. The van der Waals surface area contributed by atoms with E-state index in [9.17, 15) is 14.4 Å². The van der Waals surface area contributed by atoms with Gasteiger partial charge in [-0.05, 0) is 35.8 Å². The Balaban J connectivity index is 1.37. The summed E-state index contributed by atoms with van der Waals surface area (Å²) in [7, 11) is 0. The van der Waals surface area contributed by atoms with Crippen LogP contribution in [0.5, 0.6) is 0 Å². The van der Waals surface area contributed by atoms with E-state index in [1.165, 1.54) is 6.42 Å². The molecular weight excluding hydrogens is 368 g/mol. The van der Waals surface area contributed by atoms with Crippen molar-refractivity contribution in [1.29, 1.82) is 0 Å². The molecule has 3 N–H and O–H groups in total. The summed E-state index contributed by atoms with van der Waals surface area (Å²) in [5.41, 5.74) is 5.75. The van der Waals surface area contributed by atoms with Crippen molar-refractivity contribution >= 4 is 28.6 Å². The number of benzene rings is 1. The van der Waals surface area contributed by atoms with E-state index in [-0.39, 0.29) is 43.1 Å². The van der Waals surface area contributed by atoms with Crippen LogP contribution in [0.1, 0.15) is 46.0 Å². The van der Waals surface area contributed by atoms with Crippen molar-refractivity contribution in [3.05, 3.63) is 36.5 Å². The van der Waals surface area contributed by atoms with E-state index in [0.717, 1.165) is 23.7 Å². The molecule has 1 aromatic carbocycles. The SMILES string of the molecule is C[C@@H]1[C@H](C)CCC[C@H]1NC(=O)CCC(=O)NNC(=O)Cn1ccc2ccccc21. The molecule has 1 aromatic heterocycles. The molecule has 1 aliphatic rings. The van der Waals surface area contributed by atoms with Gasteiger partial charge >= 0.3 is 0 Å². The van der Waals surface area contributed by atoms with E-state index in [2.05, 4.69) is 30.0 Å². The Hall–Kier alpha value is -2.83. The van der Waals surface area contributed by atoms with Gasteiger partial charge in [-0.1, -0.05) is 44.9 Å². The Morgan fingerprint density at radius 1 is 0.966 bits per heavy atom. The predicted molar refractivity (Wildman–Crippen MR) is 112 cm³/mol. The molecule has 1 saturated carbocycles. The normalized spacial score (nSPS) is 21.5. The molecule has 0 saturated heterocycles. The van der Waals surface area contributed by atoms with Gasteiger partial charge in [0.25, 0.3) is 5.91 Å². The molecule has 7 heteroatoms. The van der Waals surface area contributed by atoms with Crippen molar-refractivity contribution in [2.45, 2.75) is 58.5 Å². The van der Waals surface area contributed by atoms with Crippen LogP contribution in [0.25, 0.3) is 10.9 Å². The summed E-state index contributed by atoms with van der Waals surface area (Å²) in [6.45, 7) is 4.49. The van der Waals surface area contributed by atoms with Crippen molar-refractivity contribution in [1.82, 2.24) is 20.7 Å². The summed E-state index contributed by atoms with van der Waals surface area (Å²) >= 11 is 0. The molecule has 0 spiro atoms. The summed E-state index contributed by atoms with van der Waals surface area (Å²) in [6.07, 6.45) is 5.31. The fourth-order valence-electron chi connectivity index (χ4n) is 3.97. The van der Waals surface area contributed by atoms with Crippen LogP contribution in [0.3, 0.4) is 0 Å². The topological polar surface area (TPSA) is 92.2 Å². The second-order valence-corrected chi connectivity index (χ2v) is 8.04. The maximum atomic E-state index is 12.2. The zero-order valence-electron chi connectivity index (χ0n) is 17.1. The molecule has 1 fully saturated rings. The third-order valence-corrected chi connectivity index (χ3v) is 5.97. The molecule has 1 heterocycles. The van der Waals surface area contributed by atoms with E-state index >= 15 is 0 Å². The van der Waals surface area contributed by atoms with E-state index in [1.807, 2.05) is 41.1 Å². The van der Waals surface area contributed by atoms with Gasteiger partial charge in [-0.25, -0.2) is 0 Å². The highest BCUT2D eigenvalue weighted by molar-refractivity contribution is 5.86. The van der Waals surface area contributed by atoms with Crippen LogP contribution in [0.15, 0.2) is 36.5 Å². The van der Waals surface area contributed by atoms with Gasteiger partial charge in [-0.15, -0.1) is 0 Å². The van der Waals surface area contributed by atoms with Crippen LogP contribution in [0.4, 0.5) is 0 Å². The number of hydrogen-bond acceptors (Lipinski definition) is 3. The average molecular weight is 399 g/mol. The van der Waals surface area contributed by atoms with Crippen LogP contribution in [0.2, 0.25) is 0 Å². The fourth-order valence-corrected chi connectivity index (χ4v) is 3.97. The molecule has 0 radical (unpaired) electrons. The Bertz CT molecular complexity index is 876. The maximum absolute atomic E-state index is 12.2. The predicted octanol–water partition coefficient (Wildman–Crippen LogP) is 2.51. The quantitative estimate of drug-likeness (QED) is 0.653. The van der Waals surface area contributed by atoms with Gasteiger partial charge in [0, 0.05) is 30.6 Å². The van der Waals surface area contributed by atoms with Gasteiger partial charge in [0.05, 0.1) is 0 Å². The summed E-state index contributed by atoms with van der Waals surface area (Å²) in [5, 5.41) is 4.11. The third kappa shape index (κ3) is 5.59. The molecule has 3 rings (SSSR count). The number of aromatic nitrogens is 1. The highest BCUT2D eigenvalue weighted by Gasteiger charge is 2.28. The lowest BCUT2D eigenvalue weighted by Gasteiger charge is -2.34. The number of rotatable bonds is 6. The van der Waals surface area contributed by atoms with Crippen molar-refractivity contribution in [3.63, 3.8) is 0 Å². The molecule has 3 amide bonds. The van der Waals surface area contributed by atoms with Crippen LogP contribution >= 0.6 is 0 Å². The molecular formula is C22H30N4O3. The average Bonchev–Trinajstić information content (AvgIpc) is 3.11. The highest BCUT2D eigenvalue weighted by atomic mass is 16.2. The fraction of sp³-hybridized carbons (Fsp3) is 0.500. The first-order valence-electron chi connectivity index (χ1n) is 10.3. The zero-order chi connectivity index (χ0) is 20.8. The van der Waals surface area contributed by atoms with E-state index in [4.69, 9.17) is 0 Å². The molecule has 7 nitrogen and oxygen atoms in total. The van der Waals surface area contributed by atoms with Crippen LogP contribution < -0.4 is 16.2 Å². The maximum Gasteiger partial charge on any atom is 0.258 e. The number of hydrazine groups is 1. The van der Waals surface area contributed by atoms with Gasteiger partial charge in [0.2, 0.25) is 11.8 Å². The first-order valence-corrected chi connectivity index (χ1v) is 10.3. The number of hydrogen-bond donors (Lipinski definition) is 3. The summed E-state index contributed by atoms with van der Waals surface area (Å²) in [4.78, 5) is 36.2. The van der Waals surface area contributed by atoms with E-state index < -0.39 is 0 Å². The van der Waals surface area contributed by atoms with Crippen molar-refractivity contribution < 1.29 is 14.4 Å². The molecule has 3 atom stereocenters. The first kappa shape index (κ1) is 20.9. The Morgan fingerprint density at radius 2 is 1.69 bits per heavy atom. The van der Waals surface area contributed by atoms with Gasteiger partial charge in [-0.3, -0.25) is 25.2 Å². The first-order chi connectivity index (χ1) is 13.9. The van der Waals surface area contributed by atoms with Gasteiger partial charge < -0.3 is 9.88 Å². The Kier molecular flexibility index (Phi) is 6.90. The smallest absolute Gasteiger partial charge is 0.258 e. The van der Waals surface area contributed by atoms with Crippen LogP contribution in [-0.2, 0) is 20.9 Å². The number of carbonyl (C=O) groups excluding carboxylic acids is 3. The van der Waals surface area contributed by atoms with Crippen molar-refractivity contribution in [2.75, 3.05) is 0 Å². The van der Waals surface area contributed by atoms with Gasteiger partial charge in [0.15, 0.2) is 0 Å². The minimum absolute atomic E-state index is 0.0369. The minimum atomic E-state index is -0.379. The van der Waals surface area contributed by atoms with Crippen LogP contribution in [0, 0.1) is 11.8 Å². The summed E-state index contributed by atoms with van der Waals surface area (Å²) < 4.78 is 1.82. The number of fused-ring (bicyclic) bond motifs is 1. The lowest BCUT2D eigenvalue weighted by molar-refractivity contribution is -0.130. The molecule has 0 unspecified atom stereocenters. The molecule has 2 aromatic rings. The molecule has 0 aliphatic heterocycles. The zero-order valence-corrected chi connectivity index (χ0v) is 17.1. The second kappa shape index (κ2) is 9.58. The van der Waals surface area contributed by atoms with Crippen LogP contribution in [-0.4, -0.2) is 28.3 Å². The van der Waals surface area contributed by atoms with Gasteiger partial charge in [0.1, 0.15) is 6.54 Å². The molecule has 156 valence electrons. The van der Waals surface area contributed by atoms with Crippen molar-refractivity contribution in [3.8, 4) is 0 Å². The lowest BCUT2D eigenvalue weighted by atomic mass is 9.78. The number of amides is 3. The number of carbonyl (C=O) groups is 3. The van der Waals surface area contributed by atoms with Crippen molar-refractivity contribution in [2.24, 2.45) is 11.8 Å². The Morgan fingerprint density at radius 3 is 2.52 bits per heavy atom. The largest absolute Gasteiger partial charge is 0.353 e. The molecule has 0 bridgehead atoms. The number of nitrogens with one attached hydrogen (secondary N) is 3. The van der Waals surface area contributed by atoms with E-state index in [1.54, 1.807) is 0 Å². The number of nitrogens with zero attached hydrogens (tertiary/aromatic N) is 1. The third-order valence-electron chi connectivity index (χ3n) is 5.97.